The predicted octanol–water partition coefficient (Wildman–Crippen LogP) is 3.29. The van der Waals surface area contributed by atoms with Crippen LogP contribution in [-0.2, 0) is 0 Å². The Morgan fingerprint density at radius 2 is 2.05 bits per heavy atom. The second-order valence-electron chi connectivity index (χ2n) is 6.07. The summed E-state index contributed by atoms with van der Waals surface area (Å²) < 4.78 is 0. The van der Waals surface area contributed by atoms with Gasteiger partial charge in [0.2, 0.25) is 0 Å². The summed E-state index contributed by atoms with van der Waals surface area (Å²) >= 11 is 0. The first-order chi connectivity index (χ1) is 10.2. The minimum absolute atomic E-state index is 0.208. The number of benzene rings is 2. The molecule has 21 heavy (non-hydrogen) atoms. The Morgan fingerprint density at radius 1 is 1.24 bits per heavy atom. The molecule has 0 aliphatic carbocycles. The molecule has 1 heterocycles. The number of nitrogens with one attached hydrogen (secondary N) is 1. The summed E-state index contributed by atoms with van der Waals surface area (Å²) in [6, 6.07) is 12.9. The van der Waals surface area contributed by atoms with Gasteiger partial charge >= 0.3 is 0 Å². The lowest BCUT2D eigenvalue weighted by molar-refractivity contribution is 0.154. The van der Waals surface area contributed by atoms with Gasteiger partial charge in [-0.25, -0.2) is 0 Å². The molecule has 3 rings (SSSR count). The number of nitrogens with zero attached hydrogens (tertiary/aromatic N) is 1. The molecule has 1 saturated heterocycles. The second kappa shape index (κ2) is 6.04. The molecule has 0 saturated carbocycles. The molecule has 2 unspecified atom stereocenters. The molecule has 0 radical (unpaired) electrons. The van der Waals surface area contributed by atoms with Gasteiger partial charge in [0.15, 0.2) is 0 Å². The molecule has 2 atom stereocenters. The van der Waals surface area contributed by atoms with Crippen LogP contribution in [0.25, 0.3) is 10.8 Å². The van der Waals surface area contributed by atoms with Crippen molar-refractivity contribution in [3.63, 3.8) is 0 Å². The summed E-state index contributed by atoms with van der Waals surface area (Å²) in [4.78, 5) is 2.38. The van der Waals surface area contributed by atoms with Gasteiger partial charge in [0.1, 0.15) is 5.75 Å². The minimum atomic E-state index is 0.208. The van der Waals surface area contributed by atoms with Crippen LogP contribution in [0.15, 0.2) is 36.4 Å². The lowest BCUT2D eigenvalue weighted by atomic mass is 9.97. The quantitative estimate of drug-likeness (QED) is 0.908. The number of hydrogen-bond donors (Lipinski definition) is 2. The first-order valence-electron chi connectivity index (χ1n) is 7.81. The lowest BCUT2D eigenvalue weighted by Gasteiger charge is -2.36. The molecule has 3 nitrogen and oxygen atoms in total. The Hall–Kier alpha value is -1.58. The van der Waals surface area contributed by atoms with Gasteiger partial charge in [0.25, 0.3) is 0 Å². The molecule has 0 amide bonds. The van der Waals surface area contributed by atoms with Crippen LogP contribution < -0.4 is 5.32 Å². The molecule has 2 aromatic carbocycles. The smallest absolute Gasteiger partial charge is 0.128 e. The van der Waals surface area contributed by atoms with E-state index in [4.69, 9.17) is 0 Å². The van der Waals surface area contributed by atoms with E-state index in [1.165, 1.54) is 12.8 Å². The highest BCUT2D eigenvalue weighted by Crippen LogP contribution is 2.35. The second-order valence-corrected chi connectivity index (χ2v) is 6.07. The van der Waals surface area contributed by atoms with Crippen molar-refractivity contribution in [2.24, 2.45) is 0 Å². The standard InChI is InChI=1S/C18H24N2O/c1-13(20(2)15-7-5-11-19-12-15)16-10-9-14-6-3-4-8-17(14)18(16)21/h3-4,6,8-10,13,15,19,21H,5,7,11-12H2,1-2H3. The minimum Gasteiger partial charge on any atom is -0.507 e. The summed E-state index contributed by atoms with van der Waals surface area (Å²) in [6.07, 6.45) is 2.45. The number of hydrogen-bond acceptors (Lipinski definition) is 3. The highest BCUT2D eigenvalue weighted by molar-refractivity contribution is 5.89. The maximum atomic E-state index is 10.6. The van der Waals surface area contributed by atoms with E-state index in [0.29, 0.717) is 11.8 Å². The van der Waals surface area contributed by atoms with Crippen molar-refractivity contribution in [3.8, 4) is 5.75 Å². The van der Waals surface area contributed by atoms with Crippen LogP contribution in [-0.4, -0.2) is 36.2 Å². The third-order valence-electron chi connectivity index (χ3n) is 4.84. The zero-order valence-corrected chi connectivity index (χ0v) is 12.8. The number of fused-ring (bicyclic) bond motifs is 1. The molecule has 0 aromatic heterocycles. The van der Waals surface area contributed by atoms with Gasteiger partial charge in [-0.2, -0.15) is 0 Å². The van der Waals surface area contributed by atoms with Crippen LogP contribution in [0.2, 0.25) is 0 Å². The van der Waals surface area contributed by atoms with E-state index in [0.717, 1.165) is 29.4 Å². The van der Waals surface area contributed by atoms with Crippen LogP contribution in [0.1, 0.15) is 31.4 Å². The zero-order valence-electron chi connectivity index (χ0n) is 12.8. The fraction of sp³-hybridized carbons (Fsp3) is 0.444. The number of phenols is 1. The topological polar surface area (TPSA) is 35.5 Å². The molecule has 0 spiro atoms. The van der Waals surface area contributed by atoms with Crippen molar-refractivity contribution in [1.82, 2.24) is 10.2 Å². The van der Waals surface area contributed by atoms with E-state index in [1.807, 2.05) is 24.3 Å². The van der Waals surface area contributed by atoms with Crippen LogP contribution in [0.3, 0.4) is 0 Å². The summed E-state index contributed by atoms with van der Waals surface area (Å²) in [5, 5.41) is 16.1. The molecule has 2 aromatic rings. The van der Waals surface area contributed by atoms with Crippen molar-refractivity contribution in [2.75, 3.05) is 20.1 Å². The van der Waals surface area contributed by atoms with E-state index in [-0.39, 0.29) is 6.04 Å². The molecule has 1 aliphatic heterocycles. The molecule has 3 heteroatoms. The van der Waals surface area contributed by atoms with Crippen LogP contribution >= 0.6 is 0 Å². The van der Waals surface area contributed by atoms with E-state index < -0.39 is 0 Å². The molecule has 2 N–H and O–H groups in total. The predicted molar refractivity (Wildman–Crippen MR) is 87.7 cm³/mol. The van der Waals surface area contributed by atoms with Gasteiger partial charge in [0, 0.05) is 29.6 Å². The van der Waals surface area contributed by atoms with E-state index >= 15 is 0 Å². The molecule has 112 valence electrons. The van der Waals surface area contributed by atoms with Gasteiger partial charge in [-0.15, -0.1) is 0 Å². The highest BCUT2D eigenvalue weighted by atomic mass is 16.3. The zero-order chi connectivity index (χ0) is 14.8. The van der Waals surface area contributed by atoms with Gasteiger partial charge in [-0.05, 0) is 38.7 Å². The summed E-state index contributed by atoms with van der Waals surface area (Å²) in [7, 11) is 2.16. The Kier molecular flexibility index (Phi) is 4.13. The maximum Gasteiger partial charge on any atom is 0.128 e. The Morgan fingerprint density at radius 3 is 2.81 bits per heavy atom. The first kappa shape index (κ1) is 14.4. The third kappa shape index (κ3) is 2.76. The van der Waals surface area contributed by atoms with Crippen molar-refractivity contribution in [1.29, 1.82) is 0 Å². The molecular weight excluding hydrogens is 260 g/mol. The average Bonchev–Trinajstić information content (AvgIpc) is 2.55. The van der Waals surface area contributed by atoms with Crippen LogP contribution in [0, 0.1) is 0 Å². The largest absolute Gasteiger partial charge is 0.507 e. The van der Waals surface area contributed by atoms with Crippen LogP contribution in [0.4, 0.5) is 0 Å². The number of likely N-dealkylation sites (N-methyl/N-ethyl adjacent to an activating group) is 1. The summed E-state index contributed by atoms with van der Waals surface area (Å²) in [6.45, 7) is 4.34. The van der Waals surface area contributed by atoms with Gasteiger partial charge in [-0.1, -0.05) is 36.4 Å². The normalized spacial score (nSPS) is 20.8. The van der Waals surface area contributed by atoms with E-state index in [2.05, 4.69) is 36.3 Å². The first-order valence-corrected chi connectivity index (χ1v) is 7.81. The average molecular weight is 284 g/mol. The Bertz CT molecular complexity index is 620. The highest BCUT2D eigenvalue weighted by Gasteiger charge is 2.24. The Balaban J connectivity index is 1.90. The van der Waals surface area contributed by atoms with Crippen molar-refractivity contribution < 1.29 is 5.11 Å². The van der Waals surface area contributed by atoms with Crippen LogP contribution in [0.5, 0.6) is 5.75 Å². The molecular formula is C18H24N2O. The monoisotopic (exact) mass is 284 g/mol. The maximum absolute atomic E-state index is 10.6. The fourth-order valence-corrected chi connectivity index (χ4v) is 3.33. The number of piperidine rings is 1. The fourth-order valence-electron chi connectivity index (χ4n) is 3.33. The lowest BCUT2D eigenvalue weighted by Crippen LogP contribution is -2.45. The third-order valence-corrected chi connectivity index (χ3v) is 4.84. The molecule has 1 aliphatic rings. The van der Waals surface area contributed by atoms with E-state index in [1.54, 1.807) is 0 Å². The van der Waals surface area contributed by atoms with Gasteiger partial charge in [0.05, 0.1) is 0 Å². The molecule has 0 bridgehead atoms. The van der Waals surface area contributed by atoms with Gasteiger partial charge < -0.3 is 10.4 Å². The number of phenolic OH excluding ortho intramolecular Hbond substituents is 1. The summed E-state index contributed by atoms with van der Waals surface area (Å²) in [5.74, 6) is 0.427. The van der Waals surface area contributed by atoms with Crippen molar-refractivity contribution in [2.45, 2.75) is 31.8 Å². The van der Waals surface area contributed by atoms with E-state index in [9.17, 15) is 5.11 Å². The summed E-state index contributed by atoms with van der Waals surface area (Å²) in [5.41, 5.74) is 1.02. The number of aromatic hydroxyl groups is 1. The van der Waals surface area contributed by atoms with Crippen molar-refractivity contribution >= 4 is 10.8 Å². The van der Waals surface area contributed by atoms with Gasteiger partial charge in [-0.3, -0.25) is 4.90 Å². The van der Waals surface area contributed by atoms with Crippen molar-refractivity contribution in [3.05, 3.63) is 42.0 Å². The Labute approximate surface area is 126 Å². The SMILES string of the molecule is CC(c1ccc2ccccc2c1O)N(C)C1CCCNC1. The molecule has 1 fully saturated rings. The number of rotatable bonds is 3.